The van der Waals surface area contributed by atoms with Crippen LogP contribution in [0.15, 0.2) is 28.7 Å². The van der Waals surface area contributed by atoms with Gasteiger partial charge in [0.25, 0.3) is 5.91 Å². The number of sulfonamides is 1. The number of carbonyl (C=O) groups excluding carboxylic acids is 1. The first kappa shape index (κ1) is 17.7. The normalized spacial score (nSPS) is 22.0. The van der Waals surface area contributed by atoms with E-state index in [1.807, 2.05) is 0 Å². The fourth-order valence-electron chi connectivity index (χ4n) is 4.39. The van der Waals surface area contributed by atoms with Crippen LogP contribution in [0.3, 0.4) is 0 Å². The predicted molar refractivity (Wildman–Crippen MR) is 102 cm³/mol. The van der Waals surface area contributed by atoms with Crippen LogP contribution >= 0.6 is 0 Å². The van der Waals surface area contributed by atoms with Crippen molar-refractivity contribution in [1.29, 1.82) is 0 Å². The summed E-state index contributed by atoms with van der Waals surface area (Å²) in [6.45, 7) is 1.18. The van der Waals surface area contributed by atoms with Crippen LogP contribution in [-0.4, -0.2) is 38.8 Å². The maximum atomic E-state index is 13.1. The lowest BCUT2D eigenvalue weighted by atomic mass is 10.00. The van der Waals surface area contributed by atoms with Crippen molar-refractivity contribution in [2.45, 2.75) is 56.3 Å². The molecule has 0 N–H and O–H groups in total. The number of allylic oxidation sites excluding steroid dienone is 1. The number of likely N-dealkylation sites (N-methyl/N-ethyl adjacent to an activating group) is 1. The van der Waals surface area contributed by atoms with Crippen LogP contribution in [0.1, 0.15) is 56.9 Å². The smallest absolute Gasteiger partial charge is 0.258 e. The largest absolute Gasteiger partial charge is 0.311 e. The Morgan fingerprint density at radius 3 is 2.23 bits per heavy atom. The van der Waals surface area contributed by atoms with Crippen LogP contribution in [0.5, 0.6) is 0 Å². The predicted octanol–water partition coefficient (Wildman–Crippen LogP) is 3.56. The van der Waals surface area contributed by atoms with E-state index in [1.54, 1.807) is 34.5 Å². The van der Waals surface area contributed by atoms with Crippen molar-refractivity contribution in [3.63, 3.8) is 0 Å². The molecule has 26 heavy (non-hydrogen) atoms. The van der Waals surface area contributed by atoms with Crippen molar-refractivity contribution in [2.24, 2.45) is 0 Å². The van der Waals surface area contributed by atoms with Gasteiger partial charge in [-0.25, -0.2) is 8.42 Å². The molecule has 3 aliphatic rings. The second-order valence-electron chi connectivity index (χ2n) is 7.55. The van der Waals surface area contributed by atoms with Gasteiger partial charge in [0.05, 0.1) is 10.6 Å². The molecule has 1 saturated carbocycles. The number of fused-ring (bicyclic) bond motifs is 1. The van der Waals surface area contributed by atoms with E-state index in [0.29, 0.717) is 18.0 Å². The Bertz CT molecular complexity index is 857. The van der Waals surface area contributed by atoms with E-state index < -0.39 is 10.0 Å². The van der Waals surface area contributed by atoms with Crippen molar-refractivity contribution >= 4 is 27.2 Å². The monoisotopic (exact) mass is 374 g/mol. The Morgan fingerprint density at radius 2 is 1.58 bits per heavy atom. The minimum atomic E-state index is -3.51. The van der Waals surface area contributed by atoms with Gasteiger partial charge in [-0.2, -0.15) is 4.31 Å². The third kappa shape index (κ3) is 2.89. The number of amides is 1. The Balaban J connectivity index is 1.77. The van der Waals surface area contributed by atoms with Crippen molar-refractivity contribution in [3.8, 4) is 0 Å². The first-order valence-corrected chi connectivity index (χ1v) is 11.1. The van der Waals surface area contributed by atoms with Crippen LogP contribution in [0.4, 0.5) is 5.69 Å². The Kier molecular flexibility index (Phi) is 4.65. The van der Waals surface area contributed by atoms with Crippen LogP contribution in [0.25, 0.3) is 5.57 Å². The lowest BCUT2D eigenvalue weighted by Gasteiger charge is -2.20. The highest BCUT2D eigenvalue weighted by Gasteiger charge is 2.35. The van der Waals surface area contributed by atoms with Gasteiger partial charge < -0.3 is 4.90 Å². The molecule has 1 aliphatic carbocycles. The first-order valence-electron chi connectivity index (χ1n) is 9.65. The maximum Gasteiger partial charge on any atom is 0.258 e. The molecule has 0 aromatic heterocycles. The topological polar surface area (TPSA) is 57.7 Å². The van der Waals surface area contributed by atoms with Gasteiger partial charge in [0, 0.05) is 31.3 Å². The van der Waals surface area contributed by atoms with Gasteiger partial charge in [-0.1, -0.05) is 18.4 Å². The van der Waals surface area contributed by atoms with Gasteiger partial charge in [0.2, 0.25) is 10.0 Å². The zero-order valence-electron chi connectivity index (χ0n) is 15.3. The molecule has 1 amide bonds. The quantitative estimate of drug-likeness (QED) is 0.744. The number of nitrogens with zero attached hydrogens (tertiary/aromatic N) is 2. The fourth-order valence-corrected chi connectivity index (χ4v) is 5.93. The molecule has 1 aromatic carbocycles. The molecular weight excluding hydrogens is 348 g/mol. The summed E-state index contributed by atoms with van der Waals surface area (Å²) in [4.78, 5) is 14.7. The van der Waals surface area contributed by atoms with E-state index in [4.69, 9.17) is 0 Å². The average Bonchev–Trinajstić information content (AvgIpc) is 3.11. The molecule has 0 radical (unpaired) electrons. The number of hydrogen-bond acceptors (Lipinski definition) is 3. The molecule has 2 heterocycles. The van der Waals surface area contributed by atoms with E-state index in [9.17, 15) is 13.2 Å². The van der Waals surface area contributed by atoms with E-state index >= 15 is 0 Å². The van der Waals surface area contributed by atoms with E-state index in [0.717, 1.165) is 68.2 Å². The highest BCUT2D eigenvalue weighted by molar-refractivity contribution is 7.89. The number of hydrogen-bond donors (Lipinski definition) is 0. The van der Waals surface area contributed by atoms with Crippen molar-refractivity contribution < 1.29 is 13.2 Å². The summed E-state index contributed by atoms with van der Waals surface area (Å²) in [5.74, 6) is 0.00113. The summed E-state index contributed by atoms with van der Waals surface area (Å²) in [6.07, 6.45) is 8.11. The van der Waals surface area contributed by atoms with Gasteiger partial charge >= 0.3 is 0 Å². The second kappa shape index (κ2) is 6.82. The third-order valence-corrected chi connectivity index (χ3v) is 7.78. The minimum absolute atomic E-state index is 0.00113. The average molecular weight is 375 g/mol. The molecule has 1 aromatic rings. The number of carbonyl (C=O) groups is 1. The summed E-state index contributed by atoms with van der Waals surface area (Å²) in [5, 5.41) is 0. The maximum absolute atomic E-state index is 13.1. The molecule has 140 valence electrons. The molecule has 6 heteroatoms. The zero-order valence-corrected chi connectivity index (χ0v) is 16.1. The minimum Gasteiger partial charge on any atom is -0.311 e. The number of benzene rings is 1. The van der Waals surface area contributed by atoms with Gasteiger partial charge in [-0.05, 0) is 56.7 Å². The lowest BCUT2D eigenvalue weighted by molar-refractivity contribution is -0.112. The Labute approximate surface area is 155 Å². The van der Waals surface area contributed by atoms with Gasteiger partial charge in [0.15, 0.2) is 0 Å². The Morgan fingerprint density at radius 1 is 0.923 bits per heavy atom. The van der Waals surface area contributed by atoms with Crippen LogP contribution in [0.2, 0.25) is 0 Å². The lowest BCUT2D eigenvalue weighted by Crippen LogP contribution is -2.32. The van der Waals surface area contributed by atoms with E-state index in [2.05, 4.69) is 0 Å². The molecule has 1 saturated heterocycles. The summed E-state index contributed by atoms with van der Waals surface area (Å²) >= 11 is 0. The second-order valence-corrected chi connectivity index (χ2v) is 9.49. The Hall–Kier alpha value is -1.66. The molecule has 0 unspecified atom stereocenters. The van der Waals surface area contributed by atoms with Gasteiger partial charge in [-0.3, -0.25) is 4.79 Å². The third-order valence-electron chi connectivity index (χ3n) is 5.88. The zero-order chi connectivity index (χ0) is 18.3. The molecular formula is C20H26N2O3S. The molecule has 2 aliphatic heterocycles. The van der Waals surface area contributed by atoms with Gasteiger partial charge in [0.1, 0.15) is 0 Å². The summed E-state index contributed by atoms with van der Waals surface area (Å²) in [6, 6.07) is 5.18. The standard InChI is InChI=1S/C20H26N2O3S/c1-21-18-11-10-16(26(24,25)22-12-6-2-3-7-13-22)14-17(18)19(20(21)23)15-8-4-5-9-15/h10-11,14H,2-9,12-13H2,1H3. The molecule has 0 atom stereocenters. The van der Waals surface area contributed by atoms with E-state index in [1.165, 1.54) is 5.57 Å². The molecule has 5 nitrogen and oxygen atoms in total. The van der Waals surface area contributed by atoms with Crippen LogP contribution < -0.4 is 4.90 Å². The van der Waals surface area contributed by atoms with Crippen molar-refractivity contribution in [3.05, 3.63) is 29.3 Å². The highest BCUT2D eigenvalue weighted by atomic mass is 32.2. The molecule has 0 spiro atoms. The molecule has 2 fully saturated rings. The summed E-state index contributed by atoms with van der Waals surface area (Å²) in [5.41, 5.74) is 3.54. The highest BCUT2D eigenvalue weighted by Crippen LogP contribution is 2.42. The molecule has 4 rings (SSSR count). The SMILES string of the molecule is CN1C(=O)C(=C2CCCC2)c2cc(S(=O)(=O)N3CCCCCC3)ccc21. The van der Waals surface area contributed by atoms with Crippen molar-refractivity contribution in [1.82, 2.24) is 4.31 Å². The summed E-state index contributed by atoms with van der Waals surface area (Å²) in [7, 11) is -1.74. The van der Waals surface area contributed by atoms with Crippen molar-refractivity contribution in [2.75, 3.05) is 25.0 Å². The number of anilines is 1. The first-order chi connectivity index (χ1) is 12.5. The molecule has 0 bridgehead atoms. The van der Waals surface area contributed by atoms with Crippen LogP contribution in [-0.2, 0) is 14.8 Å². The fraction of sp³-hybridized carbons (Fsp3) is 0.550. The van der Waals surface area contributed by atoms with Gasteiger partial charge in [-0.15, -0.1) is 0 Å². The van der Waals surface area contributed by atoms with E-state index in [-0.39, 0.29) is 5.91 Å². The summed E-state index contributed by atoms with van der Waals surface area (Å²) < 4.78 is 27.9. The van der Waals surface area contributed by atoms with Crippen LogP contribution in [0, 0.1) is 0 Å². The number of rotatable bonds is 2.